The van der Waals surface area contributed by atoms with E-state index in [1.807, 2.05) is 4.90 Å². The second kappa shape index (κ2) is 3.50. The molecule has 1 amide bonds. The van der Waals surface area contributed by atoms with Gasteiger partial charge in [0.05, 0.1) is 5.69 Å². The summed E-state index contributed by atoms with van der Waals surface area (Å²) < 4.78 is 0. The Hall–Kier alpha value is -1.58. The second-order valence-corrected chi connectivity index (χ2v) is 6.00. The van der Waals surface area contributed by atoms with Crippen molar-refractivity contribution < 1.29 is 6.22 Å². The van der Waals surface area contributed by atoms with E-state index in [1.165, 1.54) is 17.7 Å². The number of nitrogens with zero attached hydrogens (tertiary/aromatic N) is 2. The first-order valence-corrected chi connectivity index (χ1v) is 7.25. The molecular weight excluding hydrogens is 238 g/mol. The van der Waals surface area contributed by atoms with E-state index in [1.54, 1.807) is 0 Å². The van der Waals surface area contributed by atoms with Crippen LogP contribution in [0.4, 0.5) is 0 Å². The standard InChI is InChI=1S/C15H19N3O.H2/c1-3-12-16-11-5-9-6-13(19)18(4-2)8-15(9)7-10(15)14(11)17-12;/h5,10H,3-4,6-8H2,1-2H3,(H,16,17);1H. The highest BCUT2D eigenvalue weighted by atomic mass is 16.2. The largest absolute Gasteiger partial charge is 0.345 e. The minimum atomic E-state index is 0. The first-order valence-electron chi connectivity index (χ1n) is 7.25. The lowest BCUT2D eigenvalue weighted by Crippen LogP contribution is -2.43. The number of carbonyl (C=O) groups excluding carboxylic acids is 1. The van der Waals surface area contributed by atoms with Crippen LogP contribution in [-0.2, 0) is 11.2 Å². The van der Waals surface area contributed by atoms with E-state index >= 15 is 0 Å². The minimum absolute atomic E-state index is 0. The van der Waals surface area contributed by atoms with E-state index in [2.05, 4.69) is 29.9 Å². The Morgan fingerprint density at radius 2 is 2.42 bits per heavy atom. The Kier molecular flexibility index (Phi) is 2.07. The molecule has 1 aliphatic heterocycles. The molecule has 3 aliphatic rings. The normalized spacial score (nSPS) is 31.5. The molecule has 0 bridgehead atoms. The zero-order valence-corrected chi connectivity index (χ0v) is 11.5. The number of rotatable bonds is 2. The van der Waals surface area contributed by atoms with Crippen LogP contribution < -0.4 is 0 Å². The number of hydrogen-bond donors (Lipinski definition) is 1. The predicted octanol–water partition coefficient (Wildman–Crippen LogP) is 2.34. The van der Waals surface area contributed by atoms with Crippen LogP contribution in [0.25, 0.3) is 6.08 Å². The van der Waals surface area contributed by atoms with Crippen molar-refractivity contribution in [3.8, 4) is 0 Å². The number of piperidine rings is 1. The summed E-state index contributed by atoms with van der Waals surface area (Å²) in [7, 11) is 0. The molecule has 4 nitrogen and oxygen atoms in total. The zero-order chi connectivity index (χ0) is 13.2. The third-order valence-electron chi connectivity index (χ3n) is 5.07. The Bertz CT molecular complexity index is 606. The van der Waals surface area contributed by atoms with Gasteiger partial charge >= 0.3 is 0 Å². The maximum absolute atomic E-state index is 12.1. The maximum Gasteiger partial charge on any atom is 0.226 e. The number of likely N-dealkylation sites (tertiary alicyclic amines) is 1. The zero-order valence-electron chi connectivity index (χ0n) is 11.5. The second-order valence-electron chi connectivity index (χ2n) is 6.00. The summed E-state index contributed by atoms with van der Waals surface area (Å²) in [5, 5.41) is 0. The lowest BCUT2D eigenvalue weighted by molar-refractivity contribution is -0.132. The predicted molar refractivity (Wildman–Crippen MR) is 74.7 cm³/mol. The average Bonchev–Trinajstić information content (AvgIpc) is 2.99. The lowest BCUT2D eigenvalue weighted by Gasteiger charge is -2.36. The van der Waals surface area contributed by atoms with Crippen LogP contribution in [0.1, 0.15) is 51.2 Å². The Labute approximate surface area is 114 Å². The van der Waals surface area contributed by atoms with Gasteiger partial charge in [0.1, 0.15) is 5.82 Å². The van der Waals surface area contributed by atoms with E-state index in [4.69, 9.17) is 0 Å². The molecule has 2 heterocycles. The molecule has 19 heavy (non-hydrogen) atoms. The molecule has 1 N–H and O–H groups in total. The van der Waals surface area contributed by atoms with Gasteiger partial charge in [-0.1, -0.05) is 12.5 Å². The number of amides is 1. The number of fused-ring (bicyclic) bond motifs is 2. The molecule has 2 aliphatic carbocycles. The van der Waals surface area contributed by atoms with Gasteiger partial charge in [-0.15, -0.1) is 0 Å². The molecule has 1 saturated carbocycles. The molecule has 4 heteroatoms. The summed E-state index contributed by atoms with van der Waals surface area (Å²) >= 11 is 0. The fraction of sp³-hybridized carbons (Fsp3) is 0.600. The summed E-state index contributed by atoms with van der Waals surface area (Å²) in [6.07, 6.45) is 4.90. The van der Waals surface area contributed by atoms with Gasteiger partial charge in [-0.05, 0) is 19.4 Å². The minimum Gasteiger partial charge on any atom is -0.345 e. The first-order chi connectivity index (χ1) is 9.18. The molecule has 1 spiro atoms. The summed E-state index contributed by atoms with van der Waals surface area (Å²) in [5.41, 5.74) is 3.97. The maximum atomic E-state index is 12.1. The molecule has 0 aromatic carbocycles. The van der Waals surface area contributed by atoms with Gasteiger partial charge in [0.15, 0.2) is 0 Å². The van der Waals surface area contributed by atoms with Gasteiger partial charge in [-0.3, -0.25) is 4.79 Å². The summed E-state index contributed by atoms with van der Waals surface area (Å²) in [5.74, 6) is 1.92. The van der Waals surface area contributed by atoms with Crippen LogP contribution in [0, 0.1) is 5.41 Å². The van der Waals surface area contributed by atoms with Crippen molar-refractivity contribution in [2.45, 2.75) is 39.0 Å². The van der Waals surface area contributed by atoms with Crippen LogP contribution in [-0.4, -0.2) is 33.9 Å². The van der Waals surface area contributed by atoms with Gasteiger partial charge in [0.2, 0.25) is 5.91 Å². The van der Waals surface area contributed by atoms with Crippen molar-refractivity contribution in [1.29, 1.82) is 0 Å². The van der Waals surface area contributed by atoms with E-state index in [0.717, 1.165) is 31.0 Å². The number of hydrogen-bond acceptors (Lipinski definition) is 2. The smallest absolute Gasteiger partial charge is 0.226 e. The molecule has 0 radical (unpaired) electrons. The third-order valence-corrected chi connectivity index (χ3v) is 5.07. The highest BCUT2D eigenvalue weighted by molar-refractivity contribution is 5.84. The fourth-order valence-electron chi connectivity index (χ4n) is 3.84. The number of imidazole rings is 1. The lowest BCUT2D eigenvalue weighted by atomic mass is 9.81. The van der Waals surface area contributed by atoms with Crippen LogP contribution in [0.2, 0.25) is 0 Å². The SMILES string of the molecule is CCc1nc2c([nH]1)C1CC13CN(CC)C(=O)CC3=C2.[HH]. The number of aryl methyl sites for hydroxylation is 1. The highest BCUT2D eigenvalue weighted by Gasteiger charge is 2.62. The summed E-state index contributed by atoms with van der Waals surface area (Å²) in [6.45, 7) is 5.92. The fourth-order valence-corrected chi connectivity index (χ4v) is 3.84. The van der Waals surface area contributed by atoms with Crippen LogP contribution in [0.15, 0.2) is 5.57 Å². The molecule has 1 aromatic rings. The molecule has 2 atom stereocenters. The van der Waals surface area contributed by atoms with Crippen LogP contribution in [0.3, 0.4) is 0 Å². The van der Waals surface area contributed by atoms with Gasteiger partial charge in [0, 0.05) is 44.4 Å². The Morgan fingerprint density at radius 1 is 1.58 bits per heavy atom. The van der Waals surface area contributed by atoms with Gasteiger partial charge in [-0.2, -0.15) is 0 Å². The average molecular weight is 259 g/mol. The van der Waals surface area contributed by atoms with Gasteiger partial charge in [-0.25, -0.2) is 4.98 Å². The molecule has 102 valence electrons. The van der Waals surface area contributed by atoms with Crippen LogP contribution in [0.5, 0.6) is 0 Å². The number of carbonyl (C=O) groups is 1. The van der Waals surface area contributed by atoms with Gasteiger partial charge in [0.25, 0.3) is 0 Å². The number of H-pyrrole nitrogens is 1. The van der Waals surface area contributed by atoms with Crippen molar-refractivity contribution in [3.05, 3.63) is 22.8 Å². The van der Waals surface area contributed by atoms with E-state index < -0.39 is 0 Å². The summed E-state index contributed by atoms with van der Waals surface area (Å²) in [4.78, 5) is 22.2. The van der Waals surface area contributed by atoms with E-state index in [-0.39, 0.29) is 12.7 Å². The summed E-state index contributed by atoms with van der Waals surface area (Å²) in [6, 6.07) is 0. The quantitative estimate of drug-likeness (QED) is 0.886. The number of aromatic amines is 1. The third kappa shape index (κ3) is 1.34. The first kappa shape index (κ1) is 11.3. The van der Waals surface area contributed by atoms with Crippen molar-refractivity contribution in [2.24, 2.45) is 5.41 Å². The number of nitrogens with one attached hydrogen (secondary N) is 1. The topological polar surface area (TPSA) is 49.0 Å². The van der Waals surface area contributed by atoms with Crippen molar-refractivity contribution >= 4 is 12.0 Å². The van der Waals surface area contributed by atoms with Crippen molar-refractivity contribution in [1.82, 2.24) is 14.9 Å². The highest BCUT2D eigenvalue weighted by Crippen LogP contribution is 2.68. The van der Waals surface area contributed by atoms with Crippen molar-refractivity contribution in [3.63, 3.8) is 0 Å². The Morgan fingerprint density at radius 3 is 3.16 bits per heavy atom. The molecule has 4 rings (SSSR count). The molecule has 2 unspecified atom stereocenters. The van der Waals surface area contributed by atoms with Crippen LogP contribution >= 0.6 is 0 Å². The van der Waals surface area contributed by atoms with E-state index in [9.17, 15) is 4.79 Å². The number of aromatic nitrogens is 2. The van der Waals surface area contributed by atoms with E-state index in [0.29, 0.717) is 12.3 Å². The Balaban J connectivity index is 0.00000121. The molecule has 1 aromatic heterocycles. The molecule has 1 saturated heterocycles. The molecular formula is C15H21N3O. The molecule has 2 fully saturated rings. The monoisotopic (exact) mass is 259 g/mol. The van der Waals surface area contributed by atoms with Gasteiger partial charge < -0.3 is 9.88 Å². The van der Waals surface area contributed by atoms with Crippen molar-refractivity contribution in [2.75, 3.05) is 13.1 Å².